The van der Waals surface area contributed by atoms with Gasteiger partial charge in [0.15, 0.2) is 0 Å². The molecular weight excluding hydrogens is 208 g/mol. The number of amides is 1. The van der Waals surface area contributed by atoms with E-state index in [1.807, 2.05) is 25.1 Å². The van der Waals surface area contributed by atoms with Crippen LogP contribution >= 0.6 is 11.8 Å². The van der Waals surface area contributed by atoms with Crippen LogP contribution in [0.3, 0.4) is 0 Å². The van der Waals surface area contributed by atoms with E-state index in [-0.39, 0.29) is 0 Å². The Morgan fingerprint density at radius 2 is 2.20 bits per heavy atom. The minimum absolute atomic E-state index is 0.470. The highest BCUT2D eigenvalue weighted by Gasteiger charge is 2.25. The normalized spacial score (nSPS) is 14.6. The highest BCUT2D eigenvalue weighted by atomic mass is 32.2. The van der Waals surface area contributed by atoms with Gasteiger partial charge in [0.1, 0.15) is 5.54 Å². The van der Waals surface area contributed by atoms with Crippen molar-refractivity contribution in [2.75, 3.05) is 5.75 Å². The molecule has 1 aromatic carbocycles. The maximum atomic E-state index is 11.0. The Balaban J connectivity index is 2.61. The van der Waals surface area contributed by atoms with Crippen LogP contribution in [0.25, 0.3) is 0 Å². The van der Waals surface area contributed by atoms with Gasteiger partial charge in [-0.1, -0.05) is 17.7 Å². The molecule has 1 aromatic rings. The number of carbonyl (C=O) groups excluding carboxylic acids is 1. The van der Waals surface area contributed by atoms with Crippen molar-refractivity contribution >= 4 is 17.7 Å². The SMILES string of the molecule is Cc1cccc(SCC(C)(N)C(N)=O)c1. The molecule has 0 aliphatic heterocycles. The Morgan fingerprint density at radius 3 is 2.73 bits per heavy atom. The monoisotopic (exact) mass is 224 g/mol. The lowest BCUT2D eigenvalue weighted by Gasteiger charge is -2.19. The first-order chi connectivity index (χ1) is 6.92. The van der Waals surface area contributed by atoms with E-state index in [0.29, 0.717) is 5.75 Å². The Morgan fingerprint density at radius 1 is 1.53 bits per heavy atom. The Bertz CT molecular complexity index is 363. The van der Waals surface area contributed by atoms with Gasteiger partial charge in [0, 0.05) is 10.6 Å². The largest absolute Gasteiger partial charge is 0.368 e. The van der Waals surface area contributed by atoms with Crippen LogP contribution in [0.4, 0.5) is 0 Å². The van der Waals surface area contributed by atoms with Crippen LogP contribution in [-0.4, -0.2) is 17.2 Å². The summed E-state index contributed by atoms with van der Waals surface area (Å²) < 4.78 is 0. The Kier molecular flexibility index (Phi) is 3.77. The van der Waals surface area contributed by atoms with Gasteiger partial charge in [-0.2, -0.15) is 0 Å². The summed E-state index contributed by atoms with van der Waals surface area (Å²) in [5.41, 5.74) is 11.2. The van der Waals surface area contributed by atoms with Gasteiger partial charge in [-0.25, -0.2) is 0 Å². The number of benzene rings is 1. The number of hydrogen-bond donors (Lipinski definition) is 2. The van der Waals surface area contributed by atoms with Crippen molar-refractivity contribution in [1.82, 2.24) is 0 Å². The number of nitrogens with two attached hydrogens (primary N) is 2. The van der Waals surface area contributed by atoms with Crippen LogP contribution in [0.2, 0.25) is 0 Å². The van der Waals surface area contributed by atoms with E-state index in [4.69, 9.17) is 11.5 Å². The van der Waals surface area contributed by atoms with E-state index in [1.165, 1.54) is 5.56 Å². The van der Waals surface area contributed by atoms with Crippen molar-refractivity contribution in [2.24, 2.45) is 11.5 Å². The quantitative estimate of drug-likeness (QED) is 0.757. The molecule has 0 spiro atoms. The molecule has 4 N–H and O–H groups in total. The van der Waals surface area contributed by atoms with Crippen LogP contribution in [0.1, 0.15) is 12.5 Å². The summed E-state index contributed by atoms with van der Waals surface area (Å²) in [6.45, 7) is 3.68. The summed E-state index contributed by atoms with van der Waals surface area (Å²) in [6, 6.07) is 8.06. The van der Waals surface area contributed by atoms with Gasteiger partial charge in [0.25, 0.3) is 0 Å². The Hall–Kier alpha value is -1.00. The van der Waals surface area contributed by atoms with E-state index in [0.717, 1.165) is 4.90 Å². The second-order valence-electron chi connectivity index (χ2n) is 3.89. The number of hydrogen-bond acceptors (Lipinski definition) is 3. The van der Waals surface area contributed by atoms with Crippen LogP contribution < -0.4 is 11.5 Å². The van der Waals surface area contributed by atoms with E-state index >= 15 is 0 Å². The number of aryl methyl sites for hydroxylation is 1. The molecule has 15 heavy (non-hydrogen) atoms. The van der Waals surface area contributed by atoms with Crippen LogP contribution in [-0.2, 0) is 4.79 Å². The topological polar surface area (TPSA) is 69.1 Å². The summed E-state index contributed by atoms with van der Waals surface area (Å²) in [4.78, 5) is 12.1. The second-order valence-corrected chi connectivity index (χ2v) is 4.94. The third-order valence-corrected chi connectivity index (χ3v) is 3.42. The lowest BCUT2D eigenvalue weighted by molar-refractivity contribution is -0.121. The van der Waals surface area contributed by atoms with E-state index in [1.54, 1.807) is 18.7 Å². The Labute approximate surface area is 94.2 Å². The minimum atomic E-state index is -0.950. The third-order valence-electron chi connectivity index (χ3n) is 2.09. The lowest BCUT2D eigenvalue weighted by atomic mass is 10.1. The fourth-order valence-electron chi connectivity index (χ4n) is 1.01. The molecule has 4 heteroatoms. The molecule has 0 heterocycles. The van der Waals surface area contributed by atoms with Crippen molar-refractivity contribution in [3.05, 3.63) is 29.8 Å². The number of thioether (sulfide) groups is 1. The van der Waals surface area contributed by atoms with Crippen molar-refractivity contribution in [1.29, 1.82) is 0 Å². The summed E-state index contributed by atoms with van der Waals surface area (Å²) >= 11 is 1.54. The van der Waals surface area contributed by atoms with Crippen molar-refractivity contribution in [3.63, 3.8) is 0 Å². The lowest BCUT2D eigenvalue weighted by Crippen LogP contribution is -2.51. The molecule has 3 nitrogen and oxygen atoms in total. The first-order valence-electron chi connectivity index (χ1n) is 4.70. The minimum Gasteiger partial charge on any atom is -0.368 e. The first-order valence-corrected chi connectivity index (χ1v) is 5.68. The molecule has 82 valence electrons. The van der Waals surface area contributed by atoms with Gasteiger partial charge in [-0.15, -0.1) is 11.8 Å². The van der Waals surface area contributed by atoms with E-state index in [9.17, 15) is 4.79 Å². The molecule has 1 rings (SSSR count). The van der Waals surface area contributed by atoms with Gasteiger partial charge in [-0.3, -0.25) is 4.79 Å². The molecular formula is C11H16N2OS. The number of rotatable bonds is 4. The average molecular weight is 224 g/mol. The second kappa shape index (κ2) is 4.68. The standard InChI is InChI=1S/C11H16N2OS/c1-8-4-3-5-9(6-8)15-7-11(2,13)10(12)14/h3-6H,7,13H2,1-2H3,(H2,12,14). The third kappa shape index (κ3) is 3.57. The smallest absolute Gasteiger partial charge is 0.238 e. The summed E-state index contributed by atoms with van der Waals surface area (Å²) in [6.07, 6.45) is 0. The van der Waals surface area contributed by atoms with Crippen molar-refractivity contribution < 1.29 is 4.79 Å². The summed E-state index contributed by atoms with van der Waals surface area (Å²) in [5, 5.41) is 0. The maximum Gasteiger partial charge on any atom is 0.238 e. The predicted molar refractivity (Wildman–Crippen MR) is 63.7 cm³/mol. The van der Waals surface area contributed by atoms with Gasteiger partial charge in [0.05, 0.1) is 0 Å². The summed E-state index contributed by atoms with van der Waals surface area (Å²) in [5.74, 6) is 0.0221. The zero-order valence-corrected chi connectivity index (χ0v) is 9.80. The van der Waals surface area contributed by atoms with Crippen molar-refractivity contribution in [3.8, 4) is 0 Å². The molecule has 0 saturated carbocycles. The molecule has 0 saturated heterocycles. The molecule has 1 atom stereocenters. The highest BCUT2D eigenvalue weighted by molar-refractivity contribution is 7.99. The first kappa shape index (κ1) is 12.1. The fraction of sp³-hybridized carbons (Fsp3) is 0.364. The molecule has 0 bridgehead atoms. The van der Waals surface area contributed by atoms with E-state index < -0.39 is 11.4 Å². The van der Waals surface area contributed by atoms with Gasteiger partial charge in [-0.05, 0) is 26.0 Å². The molecule has 0 aromatic heterocycles. The van der Waals surface area contributed by atoms with Crippen LogP contribution in [0, 0.1) is 6.92 Å². The van der Waals surface area contributed by atoms with E-state index in [2.05, 4.69) is 6.07 Å². The van der Waals surface area contributed by atoms with Crippen LogP contribution in [0.5, 0.6) is 0 Å². The maximum absolute atomic E-state index is 11.0. The van der Waals surface area contributed by atoms with Gasteiger partial charge in [0.2, 0.25) is 5.91 Å². The van der Waals surface area contributed by atoms with Crippen molar-refractivity contribution in [2.45, 2.75) is 24.3 Å². The van der Waals surface area contributed by atoms with Gasteiger partial charge < -0.3 is 11.5 Å². The summed E-state index contributed by atoms with van der Waals surface area (Å²) in [7, 11) is 0. The molecule has 1 amide bonds. The average Bonchev–Trinajstić information content (AvgIpc) is 2.15. The molecule has 0 radical (unpaired) electrons. The van der Waals surface area contributed by atoms with Gasteiger partial charge >= 0.3 is 0 Å². The number of primary amides is 1. The molecule has 1 unspecified atom stereocenters. The zero-order chi connectivity index (χ0) is 11.5. The van der Waals surface area contributed by atoms with Crippen LogP contribution in [0.15, 0.2) is 29.2 Å². The molecule has 0 aliphatic rings. The fourth-order valence-corrected chi connectivity index (χ4v) is 2.06. The highest BCUT2D eigenvalue weighted by Crippen LogP contribution is 2.22. The zero-order valence-electron chi connectivity index (χ0n) is 8.99. The molecule has 0 fully saturated rings. The number of carbonyl (C=O) groups is 1. The predicted octanol–water partition coefficient (Wildman–Crippen LogP) is 1.29. The molecule has 0 aliphatic carbocycles.